The van der Waals surface area contributed by atoms with Crippen LogP contribution in [0.3, 0.4) is 0 Å². The highest BCUT2D eigenvalue weighted by atomic mass is 16.5. The van der Waals surface area contributed by atoms with Gasteiger partial charge in [0, 0.05) is 6.92 Å². The largest absolute Gasteiger partial charge is 0.427 e. The maximum Gasteiger partial charge on any atom is 0.308 e. The maximum absolute atomic E-state index is 10.4. The number of esters is 1. The summed E-state index contributed by atoms with van der Waals surface area (Å²) in [6.45, 7) is 9.38. The van der Waals surface area contributed by atoms with E-state index < -0.39 is 0 Å². The lowest BCUT2D eigenvalue weighted by Gasteiger charge is -1.97. The van der Waals surface area contributed by atoms with Gasteiger partial charge in [-0.3, -0.25) is 4.79 Å². The van der Waals surface area contributed by atoms with Gasteiger partial charge in [0.1, 0.15) is 5.75 Å². The molecule has 0 aliphatic heterocycles. The number of para-hydroxylation sites is 1. The minimum Gasteiger partial charge on any atom is -0.427 e. The Labute approximate surface area is 86.9 Å². The van der Waals surface area contributed by atoms with Gasteiger partial charge in [-0.15, -0.1) is 0 Å². The summed E-state index contributed by atoms with van der Waals surface area (Å²) in [5.41, 5.74) is 0. The number of carbonyl (C=O) groups excluding carboxylic acids is 1. The fourth-order valence-electron chi connectivity index (χ4n) is 0.655. The highest BCUT2D eigenvalue weighted by Crippen LogP contribution is 2.07. The van der Waals surface area contributed by atoms with Gasteiger partial charge in [0.15, 0.2) is 0 Å². The van der Waals surface area contributed by atoms with Crippen molar-refractivity contribution in [1.82, 2.24) is 0 Å². The van der Waals surface area contributed by atoms with Crippen LogP contribution < -0.4 is 4.74 Å². The third-order valence-corrected chi connectivity index (χ3v) is 1.00. The predicted octanol–water partition coefficient (Wildman–Crippen LogP) is 3.66. The molecule has 0 amide bonds. The lowest BCUT2D eigenvalue weighted by molar-refractivity contribution is -0.131. The Hall–Kier alpha value is -1.31. The average molecular weight is 196 g/mol. The van der Waals surface area contributed by atoms with Crippen LogP contribution in [-0.2, 0) is 4.79 Å². The zero-order chi connectivity index (χ0) is 11.4. The van der Waals surface area contributed by atoms with Gasteiger partial charge in [-0.25, -0.2) is 0 Å². The molecule has 0 saturated carbocycles. The standard InChI is InChI=1S/C8H8O2.2C2H6/c1-7(9)10-8-5-3-2-4-6-8;2*1-2/h2-6H,1H3;2*1-2H3. The van der Waals surface area contributed by atoms with E-state index in [-0.39, 0.29) is 5.97 Å². The van der Waals surface area contributed by atoms with Crippen molar-refractivity contribution in [2.45, 2.75) is 34.6 Å². The van der Waals surface area contributed by atoms with Gasteiger partial charge >= 0.3 is 5.97 Å². The van der Waals surface area contributed by atoms with E-state index >= 15 is 0 Å². The number of hydrogen-bond acceptors (Lipinski definition) is 2. The quantitative estimate of drug-likeness (QED) is 0.506. The summed E-state index contributed by atoms with van der Waals surface area (Å²) in [5, 5.41) is 0. The van der Waals surface area contributed by atoms with Crippen LogP contribution in [0.5, 0.6) is 5.75 Å². The van der Waals surface area contributed by atoms with Crippen LogP contribution >= 0.6 is 0 Å². The molecule has 0 aliphatic rings. The molecule has 0 bridgehead atoms. The van der Waals surface area contributed by atoms with Crippen molar-refractivity contribution in [1.29, 1.82) is 0 Å². The molecule has 1 rings (SSSR count). The van der Waals surface area contributed by atoms with Crippen LogP contribution in [0.4, 0.5) is 0 Å². The highest BCUT2D eigenvalue weighted by Gasteiger charge is 1.92. The van der Waals surface area contributed by atoms with Crippen LogP contribution in [0, 0.1) is 0 Å². The van der Waals surface area contributed by atoms with E-state index in [0.717, 1.165) is 0 Å². The first-order chi connectivity index (χ1) is 6.79. The Kier molecular flexibility index (Phi) is 12.7. The Balaban J connectivity index is 0. The van der Waals surface area contributed by atoms with Crippen molar-refractivity contribution in [3.63, 3.8) is 0 Å². The fraction of sp³-hybridized carbons (Fsp3) is 0.417. The predicted molar refractivity (Wildman–Crippen MR) is 60.4 cm³/mol. The van der Waals surface area contributed by atoms with E-state index in [9.17, 15) is 4.79 Å². The molecular formula is C12H20O2. The highest BCUT2D eigenvalue weighted by molar-refractivity contribution is 5.69. The van der Waals surface area contributed by atoms with Crippen molar-refractivity contribution >= 4 is 5.97 Å². The number of benzene rings is 1. The first kappa shape index (κ1) is 15.2. The SMILES string of the molecule is CC.CC.CC(=O)Oc1ccccc1. The molecule has 80 valence electrons. The van der Waals surface area contributed by atoms with Gasteiger partial charge in [-0.05, 0) is 12.1 Å². The van der Waals surface area contributed by atoms with Gasteiger partial charge in [-0.1, -0.05) is 45.9 Å². The van der Waals surface area contributed by atoms with E-state index in [4.69, 9.17) is 4.74 Å². The molecule has 0 aromatic heterocycles. The molecule has 1 aromatic carbocycles. The zero-order valence-corrected chi connectivity index (χ0v) is 9.70. The second kappa shape index (κ2) is 11.7. The van der Waals surface area contributed by atoms with Crippen molar-refractivity contribution in [3.05, 3.63) is 30.3 Å². The van der Waals surface area contributed by atoms with Gasteiger partial charge < -0.3 is 4.74 Å². The molecule has 14 heavy (non-hydrogen) atoms. The topological polar surface area (TPSA) is 26.3 Å². The van der Waals surface area contributed by atoms with Crippen LogP contribution in [0.1, 0.15) is 34.6 Å². The third-order valence-electron chi connectivity index (χ3n) is 1.00. The Morgan fingerprint density at radius 2 is 1.43 bits per heavy atom. The van der Waals surface area contributed by atoms with E-state index in [2.05, 4.69) is 0 Å². The van der Waals surface area contributed by atoms with E-state index in [1.54, 1.807) is 12.1 Å². The number of carbonyl (C=O) groups is 1. The van der Waals surface area contributed by atoms with E-state index in [1.165, 1.54) is 6.92 Å². The minimum absolute atomic E-state index is 0.286. The number of ether oxygens (including phenoxy) is 1. The summed E-state index contributed by atoms with van der Waals surface area (Å²) in [6.07, 6.45) is 0. The van der Waals surface area contributed by atoms with Crippen molar-refractivity contribution in [3.8, 4) is 5.75 Å². The van der Waals surface area contributed by atoms with Gasteiger partial charge in [0.2, 0.25) is 0 Å². The molecule has 0 fully saturated rings. The Morgan fingerprint density at radius 1 is 1.00 bits per heavy atom. The third kappa shape index (κ3) is 8.78. The van der Waals surface area contributed by atoms with Crippen LogP contribution in [-0.4, -0.2) is 5.97 Å². The van der Waals surface area contributed by atoms with Gasteiger partial charge in [0.25, 0.3) is 0 Å². The average Bonchev–Trinajstić information content (AvgIpc) is 2.24. The van der Waals surface area contributed by atoms with Crippen molar-refractivity contribution in [2.24, 2.45) is 0 Å². The zero-order valence-electron chi connectivity index (χ0n) is 9.70. The molecule has 0 spiro atoms. The summed E-state index contributed by atoms with van der Waals surface area (Å²) in [4.78, 5) is 10.4. The van der Waals surface area contributed by atoms with Crippen LogP contribution in [0.2, 0.25) is 0 Å². The van der Waals surface area contributed by atoms with Crippen LogP contribution in [0.25, 0.3) is 0 Å². The maximum atomic E-state index is 10.4. The lowest BCUT2D eigenvalue weighted by atomic mass is 10.3. The number of rotatable bonds is 1. The van der Waals surface area contributed by atoms with Crippen molar-refractivity contribution < 1.29 is 9.53 Å². The number of hydrogen-bond donors (Lipinski definition) is 0. The summed E-state index contributed by atoms with van der Waals surface area (Å²) in [7, 11) is 0. The van der Waals surface area contributed by atoms with Gasteiger partial charge in [-0.2, -0.15) is 0 Å². The molecule has 0 atom stereocenters. The molecule has 0 saturated heterocycles. The smallest absolute Gasteiger partial charge is 0.308 e. The molecule has 1 aromatic rings. The second-order valence-corrected chi connectivity index (χ2v) is 1.91. The first-order valence-electron chi connectivity index (χ1n) is 5.02. The van der Waals surface area contributed by atoms with E-state index in [0.29, 0.717) is 5.75 Å². The lowest BCUT2D eigenvalue weighted by Crippen LogP contribution is -2.00. The molecule has 2 heteroatoms. The molecular weight excluding hydrogens is 176 g/mol. The summed E-state index contributed by atoms with van der Waals surface area (Å²) < 4.78 is 4.78. The van der Waals surface area contributed by atoms with Crippen molar-refractivity contribution in [2.75, 3.05) is 0 Å². The fourth-order valence-corrected chi connectivity index (χ4v) is 0.655. The molecule has 0 heterocycles. The molecule has 0 N–H and O–H groups in total. The summed E-state index contributed by atoms with van der Waals surface area (Å²) in [5.74, 6) is 0.307. The Morgan fingerprint density at radius 3 is 1.79 bits per heavy atom. The normalized spacial score (nSPS) is 7.21. The van der Waals surface area contributed by atoms with E-state index in [1.807, 2.05) is 45.9 Å². The van der Waals surface area contributed by atoms with Crippen LogP contribution in [0.15, 0.2) is 30.3 Å². The summed E-state index contributed by atoms with van der Waals surface area (Å²) in [6, 6.07) is 8.98. The molecule has 0 radical (unpaired) electrons. The monoisotopic (exact) mass is 196 g/mol. The van der Waals surface area contributed by atoms with Gasteiger partial charge in [0.05, 0.1) is 0 Å². The molecule has 0 unspecified atom stereocenters. The Bertz CT molecular complexity index is 217. The molecule has 0 aliphatic carbocycles. The minimum atomic E-state index is -0.286. The second-order valence-electron chi connectivity index (χ2n) is 1.91. The molecule has 2 nitrogen and oxygen atoms in total. The summed E-state index contributed by atoms with van der Waals surface area (Å²) >= 11 is 0. The first-order valence-corrected chi connectivity index (χ1v) is 5.02.